The predicted molar refractivity (Wildman–Crippen MR) is 108 cm³/mol. The monoisotopic (exact) mass is 388 g/mol. The molecule has 0 unspecified atom stereocenters. The molecule has 2 heterocycles. The average molecular weight is 389 g/mol. The van der Waals surface area contributed by atoms with Crippen molar-refractivity contribution in [2.24, 2.45) is 0 Å². The molecule has 1 fully saturated rings. The van der Waals surface area contributed by atoms with Gasteiger partial charge in [0, 0.05) is 23.9 Å². The molecule has 4 rings (SSSR count). The van der Waals surface area contributed by atoms with E-state index >= 15 is 0 Å². The van der Waals surface area contributed by atoms with Crippen molar-refractivity contribution in [2.45, 2.75) is 38.1 Å². The van der Waals surface area contributed by atoms with E-state index in [0.717, 1.165) is 33.3 Å². The zero-order valence-electron chi connectivity index (χ0n) is 14.9. The molecule has 1 aromatic carbocycles. The normalized spacial score (nSPS) is 15.5. The van der Waals surface area contributed by atoms with Gasteiger partial charge in [0.2, 0.25) is 0 Å². The Morgan fingerprint density at radius 3 is 2.73 bits per heavy atom. The fourth-order valence-electron chi connectivity index (χ4n) is 3.72. The number of carbonyl (C=O) groups excluding carboxylic acids is 1. The molecule has 1 amide bonds. The molecule has 0 radical (unpaired) electrons. The summed E-state index contributed by atoms with van der Waals surface area (Å²) >= 11 is 7.84. The molecule has 6 heteroatoms. The average Bonchev–Trinajstić information content (AvgIpc) is 3.09. The van der Waals surface area contributed by atoms with Crippen molar-refractivity contribution in [3.8, 4) is 5.75 Å². The molecule has 2 aromatic heterocycles. The molecule has 1 saturated carbocycles. The number of aromatic nitrogens is 1. The Bertz CT molecular complexity index is 979. The Hall–Kier alpha value is -1.85. The van der Waals surface area contributed by atoms with E-state index < -0.39 is 0 Å². The van der Waals surface area contributed by atoms with Crippen molar-refractivity contribution < 1.29 is 9.53 Å². The lowest BCUT2D eigenvalue weighted by Crippen LogP contribution is -2.37. The van der Waals surface area contributed by atoms with Crippen LogP contribution in [-0.2, 0) is 0 Å². The number of carbonyl (C=O) groups is 1. The summed E-state index contributed by atoms with van der Waals surface area (Å²) in [5.74, 6) is 0.698. The van der Waals surface area contributed by atoms with Crippen LogP contribution in [0, 0.1) is 0 Å². The molecule has 1 aliphatic carbocycles. The molecule has 1 aliphatic rings. The molecule has 4 nitrogen and oxygen atoms in total. The minimum absolute atomic E-state index is 0.0904. The number of amides is 1. The summed E-state index contributed by atoms with van der Waals surface area (Å²) in [6.45, 7) is 0. The molecule has 0 spiro atoms. The second kappa shape index (κ2) is 7.05. The first kappa shape index (κ1) is 17.6. The summed E-state index contributed by atoms with van der Waals surface area (Å²) in [4.78, 5) is 21.1. The van der Waals surface area contributed by atoms with Crippen LogP contribution in [0.1, 0.15) is 41.8 Å². The van der Waals surface area contributed by atoms with Crippen LogP contribution in [0.15, 0.2) is 24.3 Å². The molecular formula is C20H21ClN2O2S. The standard InChI is InChI=1S/C20H21ClN2O2S/c1-23(14-6-4-3-5-7-14)20(24)16-11-13-10-12-8-9-15(25-2)17(21)18(12)22-19(13)26-16/h8-11,14H,3-7H2,1-2H3. The Balaban J connectivity index is 1.71. The van der Waals surface area contributed by atoms with Gasteiger partial charge in [-0.1, -0.05) is 30.9 Å². The van der Waals surface area contributed by atoms with Gasteiger partial charge in [-0.2, -0.15) is 0 Å². The molecule has 0 atom stereocenters. The van der Waals surface area contributed by atoms with E-state index in [9.17, 15) is 4.79 Å². The third kappa shape index (κ3) is 3.03. The fourth-order valence-corrected chi connectivity index (χ4v) is 5.01. The Morgan fingerprint density at radius 2 is 2.00 bits per heavy atom. The van der Waals surface area contributed by atoms with Crippen LogP contribution in [0.4, 0.5) is 0 Å². The number of rotatable bonds is 3. The van der Waals surface area contributed by atoms with Crippen LogP contribution in [0.25, 0.3) is 21.1 Å². The van der Waals surface area contributed by atoms with Crippen molar-refractivity contribution in [3.05, 3.63) is 34.2 Å². The van der Waals surface area contributed by atoms with Crippen molar-refractivity contribution >= 4 is 50.0 Å². The van der Waals surface area contributed by atoms with Crippen LogP contribution < -0.4 is 4.74 Å². The van der Waals surface area contributed by atoms with E-state index in [-0.39, 0.29) is 5.91 Å². The number of nitrogens with zero attached hydrogens (tertiary/aromatic N) is 2. The number of fused-ring (bicyclic) bond motifs is 2. The quantitative estimate of drug-likeness (QED) is 0.593. The third-order valence-electron chi connectivity index (χ3n) is 5.25. The molecule has 136 valence electrons. The third-order valence-corrected chi connectivity index (χ3v) is 6.65. The second-order valence-electron chi connectivity index (χ2n) is 6.85. The lowest BCUT2D eigenvalue weighted by molar-refractivity contribution is 0.0701. The van der Waals surface area contributed by atoms with Crippen LogP contribution >= 0.6 is 22.9 Å². The molecular weight excluding hydrogens is 368 g/mol. The van der Waals surface area contributed by atoms with Crippen LogP contribution in [0.3, 0.4) is 0 Å². The summed E-state index contributed by atoms with van der Waals surface area (Å²) in [6.07, 6.45) is 5.90. The van der Waals surface area contributed by atoms with E-state index in [1.165, 1.54) is 30.6 Å². The van der Waals surface area contributed by atoms with Gasteiger partial charge in [0.05, 0.1) is 17.5 Å². The molecule has 3 aromatic rings. The van der Waals surface area contributed by atoms with Gasteiger partial charge in [-0.15, -0.1) is 11.3 Å². The van der Waals surface area contributed by atoms with Gasteiger partial charge in [-0.25, -0.2) is 4.98 Å². The summed E-state index contributed by atoms with van der Waals surface area (Å²) in [7, 11) is 3.52. The minimum Gasteiger partial charge on any atom is -0.495 e. The van der Waals surface area contributed by atoms with E-state index in [1.54, 1.807) is 7.11 Å². The number of hydrogen-bond donors (Lipinski definition) is 0. The maximum absolute atomic E-state index is 12.9. The lowest BCUT2D eigenvalue weighted by Gasteiger charge is -2.30. The number of ether oxygens (including phenoxy) is 1. The molecule has 26 heavy (non-hydrogen) atoms. The lowest BCUT2D eigenvalue weighted by atomic mass is 9.94. The first-order valence-corrected chi connectivity index (χ1v) is 10.1. The molecule has 0 aliphatic heterocycles. The highest BCUT2D eigenvalue weighted by molar-refractivity contribution is 7.20. The van der Waals surface area contributed by atoms with Gasteiger partial charge in [0.1, 0.15) is 15.6 Å². The van der Waals surface area contributed by atoms with Crippen molar-refractivity contribution in [1.82, 2.24) is 9.88 Å². The Labute approximate surface area is 161 Å². The molecule has 0 bridgehead atoms. The minimum atomic E-state index is 0.0904. The van der Waals surface area contributed by atoms with Crippen LogP contribution in [0.5, 0.6) is 5.75 Å². The van der Waals surface area contributed by atoms with Gasteiger partial charge in [0.15, 0.2) is 0 Å². The second-order valence-corrected chi connectivity index (χ2v) is 8.26. The van der Waals surface area contributed by atoms with E-state index in [0.29, 0.717) is 22.3 Å². The summed E-state index contributed by atoms with van der Waals surface area (Å²) in [5.41, 5.74) is 0.708. The first-order chi connectivity index (χ1) is 12.6. The topological polar surface area (TPSA) is 42.4 Å². The van der Waals surface area contributed by atoms with Gasteiger partial charge < -0.3 is 9.64 Å². The summed E-state index contributed by atoms with van der Waals surface area (Å²) < 4.78 is 5.28. The summed E-state index contributed by atoms with van der Waals surface area (Å²) in [5, 5.41) is 2.43. The zero-order valence-corrected chi connectivity index (χ0v) is 16.5. The maximum atomic E-state index is 12.9. The Morgan fingerprint density at radius 1 is 1.23 bits per heavy atom. The van der Waals surface area contributed by atoms with E-state index in [2.05, 4.69) is 0 Å². The van der Waals surface area contributed by atoms with E-state index in [4.69, 9.17) is 21.3 Å². The van der Waals surface area contributed by atoms with Crippen molar-refractivity contribution in [2.75, 3.05) is 14.2 Å². The number of benzene rings is 1. The number of halogens is 1. The molecule has 0 saturated heterocycles. The largest absolute Gasteiger partial charge is 0.495 e. The van der Waals surface area contributed by atoms with Crippen LogP contribution in [0.2, 0.25) is 5.02 Å². The highest BCUT2D eigenvalue weighted by atomic mass is 35.5. The Kier molecular flexibility index (Phi) is 4.76. The number of methoxy groups -OCH3 is 1. The smallest absolute Gasteiger partial charge is 0.264 e. The van der Waals surface area contributed by atoms with Gasteiger partial charge in [0.25, 0.3) is 5.91 Å². The van der Waals surface area contributed by atoms with Crippen molar-refractivity contribution in [1.29, 1.82) is 0 Å². The number of thiophene rings is 1. The number of hydrogen-bond acceptors (Lipinski definition) is 4. The maximum Gasteiger partial charge on any atom is 0.264 e. The first-order valence-electron chi connectivity index (χ1n) is 8.92. The van der Waals surface area contributed by atoms with Crippen molar-refractivity contribution in [3.63, 3.8) is 0 Å². The van der Waals surface area contributed by atoms with Gasteiger partial charge in [-0.3, -0.25) is 4.79 Å². The zero-order chi connectivity index (χ0) is 18.3. The van der Waals surface area contributed by atoms with E-state index in [1.807, 2.05) is 36.2 Å². The SMILES string of the molecule is COc1ccc2cc3cc(C(=O)N(C)C4CCCCC4)sc3nc2c1Cl. The number of pyridine rings is 1. The van der Waals surface area contributed by atoms with Gasteiger partial charge in [-0.05, 0) is 37.1 Å². The van der Waals surface area contributed by atoms with Crippen LogP contribution in [-0.4, -0.2) is 36.0 Å². The highest BCUT2D eigenvalue weighted by Gasteiger charge is 2.24. The fraction of sp³-hybridized carbons (Fsp3) is 0.400. The highest BCUT2D eigenvalue weighted by Crippen LogP contribution is 2.35. The molecule has 0 N–H and O–H groups in total. The summed E-state index contributed by atoms with van der Waals surface area (Å²) in [6, 6.07) is 8.13. The van der Waals surface area contributed by atoms with Gasteiger partial charge >= 0.3 is 0 Å². The predicted octanol–water partition coefficient (Wildman–Crippen LogP) is 5.52.